The van der Waals surface area contributed by atoms with E-state index in [4.69, 9.17) is 9.97 Å². The minimum atomic E-state index is -0.116. The summed E-state index contributed by atoms with van der Waals surface area (Å²) in [5.74, 6) is 0. The molecule has 6 heteroatoms. The summed E-state index contributed by atoms with van der Waals surface area (Å²) in [6.07, 6.45) is 1.25. The highest BCUT2D eigenvalue weighted by molar-refractivity contribution is 6.12. The molecule has 35 heavy (non-hydrogen) atoms. The third kappa shape index (κ3) is 3.41. The number of hydrogen-bond donors (Lipinski definition) is 0. The molecule has 6 nitrogen and oxygen atoms in total. The van der Waals surface area contributed by atoms with Crippen LogP contribution >= 0.6 is 0 Å². The molecule has 7 rings (SSSR count). The molecule has 2 heterocycles. The van der Waals surface area contributed by atoms with Crippen molar-refractivity contribution >= 4 is 65.7 Å². The first-order valence-electron chi connectivity index (χ1n) is 11.9. The zero-order valence-electron chi connectivity index (χ0n) is 20.1. The zero-order valence-corrected chi connectivity index (χ0v) is 20.1. The van der Waals surface area contributed by atoms with E-state index in [-0.39, 0.29) is 10.9 Å². The maximum absolute atomic E-state index is 12.8. The highest BCUT2D eigenvalue weighted by Crippen LogP contribution is 2.27. The molecule has 0 aliphatic carbocycles. The van der Waals surface area contributed by atoms with Crippen molar-refractivity contribution in [2.75, 3.05) is 0 Å². The molecular formula is C29H24N4O2. The molecule has 0 bridgehead atoms. The highest BCUT2D eigenvalue weighted by atomic mass is 16.1. The van der Waals surface area contributed by atoms with E-state index in [1.165, 1.54) is 6.42 Å². The third-order valence-electron chi connectivity index (χ3n) is 5.73. The van der Waals surface area contributed by atoms with E-state index < -0.39 is 0 Å². The van der Waals surface area contributed by atoms with Crippen LogP contribution in [0.2, 0.25) is 0 Å². The molecule has 0 spiro atoms. The third-order valence-corrected chi connectivity index (χ3v) is 5.73. The van der Waals surface area contributed by atoms with Crippen LogP contribution in [0.4, 0.5) is 0 Å². The van der Waals surface area contributed by atoms with Crippen LogP contribution < -0.4 is 10.9 Å². The van der Waals surface area contributed by atoms with Crippen molar-refractivity contribution in [3.63, 3.8) is 0 Å². The Labute approximate surface area is 201 Å². The van der Waals surface area contributed by atoms with Gasteiger partial charge in [-0.25, -0.2) is 19.9 Å². The predicted molar refractivity (Wildman–Crippen MR) is 145 cm³/mol. The average Bonchev–Trinajstić information content (AvgIpc) is 3.33. The van der Waals surface area contributed by atoms with Crippen LogP contribution in [0.3, 0.4) is 0 Å². The predicted octanol–water partition coefficient (Wildman–Crippen LogP) is 6.22. The minimum Gasteiger partial charge on any atom is -0.287 e. The number of benzene rings is 3. The summed E-state index contributed by atoms with van der Waals surface area (Å²) < 4.78 is 0. The molecular weight excluding hydrogens is 436 g/mol. The van der Waals surface area contributed by atoms with Crippen molar-refractivity contribution in [1.29, 1.82) is 0 Å². The molecule has 0 saturated heterocycles. The second-order valence-electron chi connectivity index (χ2n) is 8.13. The van der Waals surface area contributed by atoms with Crippen molar-refractivity contribution in [2.24, 2.45) is 0 Å². The molecule has 0 radical (unpaired) electrons. The van der Waals surface area contributed by atoms with Crippen LogP contribution in [0.5, 0.6) is 0 Å². The SMILES string of the molecule is CC.CCC.O=c1c2ccccc2c2nc3cc4nc5c(=O)c6ccccc6c5nc4cc3nc12. The largest absolute Gasteiger partial charge is 0.287 e. The smallest absolute Gasteiger partial charge is 0.214 e. The molecule has 7 aromatic rings. The molecule has 0 aliphatic heterocycles. The number of rotatable bonds is 0. The van der Waals surface area contributed by atoms with Crippen molar-refractivity contribution < 1.29 is 0 Å². The van der Waals surface area contributed by atoms with Crippen molar-refractivity contribution in [2.45, 2.75) is 34.1 Å². The van der Waals surface area contributed by atoms with Crippen LogP contribution in [0, 0.1) is 0 Å². The summed E-state index contributed by atoms with van der Waals surface area (Å²) in [7, 11) is 0. The Morgan fingerprint density at radius 2 is 0.800 bits per heavy atom. The van der Waals surface area contributed by atoms with Gasteiger partial charge < -0.3 is 0 Å². The summed E-state index contributed by atoms with van der Waals surface area (Å²) in [6, 6.07) is 18.3. The van der Waals surface area contributed by atoms with Crippen molar-refractivity contribution in [1.82, 2.24) is 19.9 Å². The van der Waals surface area contributed by atoms with E-state index in [0.717, 1.165) is 10.8 Å². The normalized spacial score (nSPS) is 11.2. The highest BCUT2D eigenvalue weighted by Gasteiger charge is 2.17. The van der Waals surface area contributed by atoms with E-state index in [9.17, 15) is 9.59 Å². The van der Waals surface area contributed by atoms with Gasteiger partial charge in [-0.1, -0.05) is 82.6 Å². The number of fused-ring (bicyclic) bond motifs is 8. The number of hydrogen-bond acceptors (Lipinski definition) is 6. The second kappa shape index (κ2) is 8.80. The van der Waals surface area contributed by atoms with Crippen LogP contribution in [-0.4, -0.2) is 19.9 Å². The van der Waals surface area contributed by atoms with E-state index in [1.54, 1.807) is 24.3 Å². The number of nitrogens with zero attached hydrogens (tertiary/aromatic N) is 4. The van der Waals surface area contributed by atoms with Gasteiger partial charge in [0.25, 0.3) is 0 Å². The van der Waals surface area contributed by atoms with Crippen LogP contribution in [0.1, 0.15) is 34.1 Å². The first-order valence-corrected chi connectivity index (χ1v) is 11.9. The Morgan fingerprint density at radius 1 is 0.514 bits per heavy atom. The Hall–Kier alpha value is -4.32. The standard InChI is InChI=1S/C24H10N4O2.C3H8.C2H6/c29-23-13-7-3-1-5-11(13)19-21(23)27-17-10-16-18(9-15(17)25-19)28-22-20(26-16)12-6-2-4-8-14(12)24(22)30;1-3-2;1-2/h1-10H;3H2,1-2H3;1-2H3. The summed E-state index contributed by atoms with van der Waals surface area (Å²) in [6.45, 7) is 8.25. The average molecular weight is 461 g/mol. The second-order valence-corrected chi connectivity index (χ2v) is 8.13. The lowest BCUT2D eigenvalue weighted by Crippen LogP contribution is -1.99. The molecule has 0 amide bonds. The fraction of sp³-hybridized carbons (Fsp3) is 0.172. The van der Waals surface area contributed by atoms with Gasteiger partial charge in [-0.3, -0.25) is 9.59 Å². The summed E-state index contributed by atoms with van der Waals surface area (Å²) in [5, 5.41) is 2.81. The molecule has 2 aromatic heterocycles. The van der Waals surface area contributed by atoms with E-state index in [2.05, 4.69) is 23.8 Å². The summed E-state index contributed by atoms with van der Waals surface area (Å²) in [4.78, 5) is 44.2. The van der Waals surface area contributed by atoms with Gasteiger partial charge in [-0.2, -0.15) is 0 Å². The van der Waals surface area contributed by atoms with Gasteiger partial charge >= 0.3 is 0 Å². The van der Waals surface area contributed by atoms with Gasteiger partial charge in [0.1, 0.15) is 22.1 Å². The Bertz CT molecular complexity index is 1820. The van der Waals surface area contributed by atoms with Crippen molar-refractivity contribution in [3.05, 3.63) is 81.1 Å². The van der Waals surface area contributed by atoms with Crippen LogP contribution in [0.25, 0.3) is 65.7 Å². The fourth-order valence-electron chi connectivity index (χ4n) is 4.33. The van der Waals surface area contributed by atoms with Crippen LogP contribution in [-0.2, 0) is 0 Å². The van der Waals surface area contributed by atoms with Gasteiger partial charge in [-0.15, -0.1) is 0 Å². The monoisotopic (exact) mass is 460 g/mol. The summed E-state index contributed by atoms with van der Waals surface area (Å²) >= 11 is 0. The molecule has 0 atom stereocenters. The van der Waals surface area contributed by atoms with Gasteiger partial charge in [0, 0.05) is 21.5 Å². The molecule has 0 unspecified atom stereocenters. The molecule has 0 N–H and O–H groups in total. The molecule has 5 aromatic carbocycles. The quantitative estimate of drug-likeness (QED) is 0.250. The van der Waals surface area contributed by atoms with E-state index >= 15 is 0 Å². The van der Waals surface area contributed by atoms with Gasteiger partial charge in [0.05, 0.1) is 22.1 Å². The lowest BCUT2D eigenvalue weighted by atomic mass is 10.2. The van der Waals surface area contributed by atoms with Gasteiger partial charge in [-0.05, 0) is 12.1 Å². The van der Waals surface area contributed by atoms with E-state index in [1.807, 2.05) is 50.2 Å². The Kier molecular flexibility index (Phi) is 5.65. The first-order chi connectivity index (χ1) is 17.1. The van der Waals surface area contributed by atoms with E-state index in [0.29, 0.717) is 54.9 Å². The maximum atomic E-state index is 12.8. The van der Waals surface area contributed by atoms with Gasteiger partial charge in [0.2, 0.25) is 10.9 Å². The minimum absolute atomic E-state index is 0.116. The van der Waals surface area contributed by atoms with Crippen molar-refractivity contribution in [3.8, 4) is 0 Å². The lowest BCUT2D eigenvalue weighted by Gasteiger charge is -2.02. The molecule has 172 valence electrons. The first kappa shape index (κ1) is 22.5. The maximum Gasteiger partial charge on any atom is 0.214 e. The Morgan fingerprint density at radius 3 is 1.14 bits per heavy atom. The van der Waals surface area contributed by atoms with Gasteiger partial charge in [0.15, 0.2) is 0 Å². The molecule has 0 aliphatic rings. The lowest BCUT2D eigenvalue weighted by molar-refractivity contribution is 1.09. The summed E-state index contributed by atoms with van der Waals surface area (Å²) in [5.41, 5.74) is 4.04. The number of aromatic nitrogens is 4. The van der Waals surface area contributed by atoms with Crippen LogP contribution in [0.15, 0.2) is 70.3 Å². The topological polar surface area (TPSA) is 85.7 Å². The molecule has 0 fully saturated rings. The Balaban J connectivity index is 0.000000474. The zero-order chi connectivity index (χ0) is 24.7. The fourth-order valence-corrected chi connectivity index (χ4v) is 4.33. The molecule has 0 saturated carbocycles.